The normalized spacial score (nSPS) is 12.5. The second kappa shape index (κ2) is 4.07. The Balaban J connectivity index is 2.65. The largest absolute Gasteiger partial charge is 0.387 e. The number of rotatable bonds is 3. The molecule has 0 saturated heterocycles. The number of hydrogen-bond donors (Lipinski definition) is 2. The molecule has 3 N–H and O–H groups in total. The lowest BCUT2D eigenvalue weighted by molar-refractivity contribution is 0.681. The fourth-order valence-corrected chi connectivity index (χ4v) is 1.07. The lowest BCUT2D eigenvalue weighted by atomic mass is 10.1. The van der Waals surface area contributed by atoms with E-state index in [0.717, 1.165) is 12.1 Å². The van der Waals surface area contributed by atoms with Gasteiger partial charge in [-0.2, -0.15) is 5.10 Å². The number of hydrogen-bond acceptors (Lipinski definition) is 2. The lowest BCUT2D eigenvalue weighted by Gasteiger charge is -2.01. The maximum atomic E-state index is 5.71. The van der Waals surface area contributed by atoms with Crippen LogP contribution in [0.2, 0.25) is 0 Å². The van der Waals surface area contributed by atoms with Crippen molar-refractivity contribution in [3.63, 3.8) is 0 Å². The highest BCUT2D eigenvalue weighted by Gasteiger charge is 2.00. The molecule has 0 bridgehead atoms. The molecule has 1 rings (SSSR count). The van der Waals surface area contributed by atoms with Crippen LogP contribution in [-0.4, -0.2) is 16.0 Å². The van der Waals surface area contributed by atoms with Gasteiger partial charge in [-0.1, -0.05) is 13.8 Å². The zero-order valence-corrected chi connectivity index (χ0v) is 8.33. The maximum absolute atomic E-state index is 5.71. The first kappa shape index (κ1) is 9.77. The molecular formula is C9H16N4. The first-order valence-electron chi connectivity index (χ1n) is 4.43. The number of nitrogens with zero attached hydrogens (tertiary/aromatic N) is 2. The molecule has 0 amide bonds. The monoisotopic (exact) mass is 180 g/mol. The SMILES string of the molecule is Cc1cc(N=C(N)CC(C)C)n[nH]1. The molecule has 4 heteroatoms. The average Bonchev–Trinajstić information content (AvgIpc) is 2.33. The van der Waals surface area contributed by atoms with Gasteiger partial charge in [-0.25, -0.2) is 4.99 Å². The van der Waals surface area contributed by atoms with Crippen LogP contribution in [0.25, 0.3) is 0 Å². The van der Waals surface area contributed by atoms with Crippen LogP contribution in [0.15, 0.2) is 11.1 Å². The van der Waals surface area contributed by atoms with Crippen molar-refractivity contribution in [2.45, 2.75) is 27.2 Å². The Kier molecular flexibility index (Phi) is 3.06. The Hall–Kier alpha value is -1.32. The van der Waals surface area contributed by atoms with Crippen molar-refractivity contribution in [1.82, 2.24) is 10.2 Å². The van der Waals surface area contributed by atoms with E-state index >= 15 is 0 Å². The molecule has 13 heavy (non-hydrogen) atoms. The Morgan fingerprint density at radius 1 is 1.69 bits per heavy atom. The smallest absolute Gasteiger partial charge is 0.175 e. The number of aliphatic imine (C=N–C) groups is 1. The second-order valence-electron chi connectivity index (χ2n) is 3.61. The molecule has 0 fully saturated rings. The quantitative estimate of drug-likeness (QED) is 0.549. The van der Waals surface area contributed by atoms with Crippen molar-refractivity contribution in [2.24, 2.45) is 16.6 Å². The average molecular weight is 180 g/mol. The molecule has 1 aromatic heterocycles. The third kappa shape index (κ3) is 3.27. The van der Waals surface area contributed by atoms with Gasteiger partial charge in [0.25, 0.3) is 0 Å². The van der Waals surface area contributed by atoms with E-state index in [1.807, 2.05) is 13.0 Å². The number of H-pyrrole nitrogens is 1. The first-order chi connectivity index (χ1) is 6.08. The number of nitrogens with two attached hydrogens (primary N) is 1. The first-order valence-corrected chi connectivity index (χ1v) is 4.43. The highest BCUT2D eigenvalue weighted by Crippen LogP contribution is 2.09. The van der Waals surface area contributed by atoms with Crippen LogP contribution in [-0.2, 0) is 0 Å². The van der Waals surface area contributed by atoms with E-state index in [9.17, 15) is 0 Å². The highest BCUT2D eigenvalue weighted by atomic mass is 15.2. The molecule has 0 unspecified atom stereocenters. The van der Waals surface area contributed by atoms with Gasteiger partial charge in [0.1, 0.15) is 5.84 Å². The fraction of sp³-hybridized carbons (Fsp3) is 0.556. The summed E-state index contributed by atoms with van der Waals surface area (Å²) in [6, 6.07) is 1.87. The van der Waals surface area contributed by atoms with Gasteiger partial charge in [-0.05, 0) is 12.8 Å². The van der Waals surface area contributed by atoms with Crippen LogP contribution < -0.4 is 5.73 Å². The maximum Gasteiger partial charge on any atom is 0.175 e. The van der Waals surface area contributed by atoms with Gasteiger partial charge in [-0.15, -0.1) is 0 Å². The number of aryl methyl sites for hydroxylation is 1. The molecule has 0 aliphatic heterocycles. The molecule has 0 saturated carbocycles. The van der Waals surface area contributed by atoms with Crippen LogP contribution in [0.5, 0.6) is 0 Å². The van der Waals surface area contributed by atoms with Gasteiger partial charge < -0.3 is 5.73 Å². The predicted octanol–water partition coefficient (Wildman–Crippen LogP) is 1.75. The minimum absolute atomic E-state index is 0.531. The molecule has 0 aliphatic rings. The number of nitrogens with one attached hydrogen (secondary N) is 1. The Labute approximate surface area is 78.3 Å². The van der Waals surface area contributed by atoms with E-state index in [1.54, 1.807) is 0 Å². The van der Waals surface area contributed by atoms with Crippen LogP contribution >= 0.6 is 0 Å². The van der Waals surface area contributed by atoms with Crippen LogP contribution in [0.3, 0.4) is 0 Å². The van der Waals surface area contributed by atoms with Gasteiger partial charge in [0.2, 0.25) is 0 Å². The zero-order chi connectivity index (χ0) is 9.84. The third-order valence-electron chi connectivity index (χ3n) is 1.57. The summed E-state index contributed by atoms with van der Waals surface area (Å²) in [7, 11) is 0. The molecule has 0 radical (unpaired) electrons. The number of aromatic nitrogens is 2. The molecule has 0 aromatic carbocycles. The summed E-state index contributed by atoms with van der Waals surface area (Å²) in [6.07, 6.45) is 0.811. The molecule has 0 atom stereocenters. The van der Waals surface area contributed by atoms with Crippen molar-refractivity contribution in [3.8, 4) is 0 Å². The number of amidine groups is 1. The standard InChI is InChI=1S/C9H16N4/c1-6(2)4-8(10)11-9-5-7(3)12-13-9/h5-6H,4H2,1-3H3,(H3,10,11,12,13). The Bertz CT molecular complexity index is 298. The van der Waals surface area contributed by atoms with E-state index in [0.29, 0.717) is 17.6 Å². The fourth-order valence-electron chi connectivity index (χ4n) is 1.07. The highest BCUT2D eigenvalue weighted by molar-refractivity contribution is 5.82. The van der Waals surface area contributed by atoms with E-state index < -0.39 is 0 Å². The summed E-state index contributed by atoms with van der Waals surface area (Å²) in [6.45, 7) is 6.15. The predicted molar refractivity (Wildman–Crippen MR) is 54.1 cm³/mol. The van der Waals surface area contributed by atoms with Gasteiger partial charge in [0.15, 0.2) is 5.82 Å². The number of aromatic amines is 1. The Morgan fingerprint density at radius 2 is 2.38 bits per heavy atom. The van der Waals surface area contributed by atoms with Crippen molar-refractivity contribution in [1.29, 1.82) is 0 Å². The van der Waals surface area contributed by atoms with Crippen molar-refractivity contribution in [2.75, 3.05) is 0 Å². The summed E-state index contributed by atoms with van der Waals surface area (Å²) in [5.41, 5.74) is 6.71. The van der Waals surface area contributed by atoms with Crippen LogP contribution in [0, 0.1) is 12.8 Å². The molecule has 1 aromatic rings. The van der Waals surface area contributed by atoms with Crippen LogP contribution in [0.4, 0.5) is 5.82 Å². The topological polar surface area (TPSA) is 67.1 Å². The molecular weight excluding hydrogens is 164 g/mol. The summed E-state index contributed by atoms with van der Waals surface area (Å²) in [5, 5.41) is 6.79. The molecule has 72 valence electrons. The van der Waals surface area contributed by atoms with E-state index in [4.69, 9.17) is 5.73 Å². The van der Waals surface area contributed by atoms with Gasteiger partial charge >= 0.3 is 0 Å². The van der Waals surface area contributed by atoms with Gasteiger partial charge in [0.05, 0.1) is 0 Å². The van der Waals surface area contributed by atoms with E-state index in [1.165, 1.54) is 0 Å². The van der Waals surface area contributed by atoms with Crippen molar-refractivity contribution in [3.05, 3.63) is 11.8 Å². The van der Waals surface area contributed by atoms with E-state index in [2.05, 4.69) is 29.0 Å². The van der Waals surface area contributed by atoms with Gasteiger partial charge in [0, 0.05) is 18.2 Å². The van der Waals surface area contributed by atoms with E-state index in [-0.39, 0.29) is 0 Å². The third-order valence-corrected chi connectivity index (χ3v) is 1.57. The summed E-state index contributed by atoms with van der Waals surface area (Å²) < 4.78 is 0. The molecule has 0 spiro atoms. The second-order valence-corrected chi connectivity index (χ2v) is 3.61. The molecule has 1 heterocycles. The molecule has 0 aliphatic carbocycles. The van der Waals surface area contributed by atoms with Crippen LogP contribution in [0.1, 0.15) is 26.0 Å². The minimum atomic E-state index is 0.531. The Morgan fingerprint density at radius 3 is 2.85 bits per heavy atom. The summed E-state index contributed by atoms with van der Waals surface area (Å²) in [4.78, 5) is 4.17. The summed E-state index contributed by atoms with van der Waals surface area (Å²) >= 11 is 0. The summed E-state index contributed by atoms with van der Waals surface area (Å²) in [5.74, 6) is 1.83. The zero-order valence-electron chi connectivity index (χ0n) is 8.33. The van der Waals surface area contributed by atoms with Crippen molar-refractivity contribution >= 4 is 11.7 Å². The lowest BCUT2D eigenvalue weighted by Crippen LogP contribution is -2.13. The minimum Gasteiger partial charge on any atom is -0.387 e. The van der Waals surface area contributed by atoms with Crippen molar-refractivity contribution < 1.29 is 0 Å². The van der Waals surface area contributed by atoms with Gasteiger partial charge in [-0.3, -0.25) is 5.10 Å². The molecule has 4 nitrogen and oxygen atoms in total.